The zero-order chi connectivity index (χ0) is 16.8. The molecule has 0 radical (unpaired) electrons. The molecule has 0 aromatic carbocycles. The molecule has 0 spiro atoms. The monoisotopic (exact) mass is 324 g/mol. The molecular weight excluding hydrogens is 300 g/mol. The van der Waals surface area contributed by atoms with Gasteiger partial charge in [-0.15, -0.1) is 0 Å². The lowest BCUT2D eigenvalue weighted by Crippen LogP contribution is -2.43. The van der Waals surface area contributed by atoms with E-state index in [2.05, 4.69) is 10.4 Å². The highest BCUT2D eigenvalue weighted by Crippen LogP contribution is 2.12. The third-order valence-corrected chi connectivity index (χ3v) is 3.45. The van der Waals surface area contributed by atoms with Crippen molar-refractivity contribution in [2.24, 2.45) is 13.0 Å². The van der Waals surface area contributed by atoms with Gasteiger partial charge in [-0.25, -0.2) is 4.68 Å². The second-order valence-electron chi connectivity index (χ2n) is 5.88. The predicted molar refractivity (Wildman–Crippen MR) is 83.3 cm³/mol. The van der Waals surface area contributed by atoms with E-state index in [0.29, 0.717) is 44.6 Å². The smallest absolute Gasteiger partial charge is 0.271 e. The summed E-state index contributed by atoms with van der Waals surface area (Å²) >= 11 is 0. The minimum atomic E-state index is -0.247. The number of aryl methyl sites for hydroxylation is 1. The molecule has 1 aliphatic heterocycles. The Labute approximate surface area is 135 Å². The summed E-state index contributed by atoms with van der Waals surface area (Å²) < 4.78 is 12.2. The van der Waals surface area contributed by atoms with Gasteiger partial charge >= 0.3 is 0 Å². The highest BCUT2D eigenvalue weighted by molar-refractivity contribution is 5.92. The van der Waals surface area contributed by atoms with Crippen molar-refractivity contribution in [3.63, 3.8) is 0 Å². The molecule has 1 saturated heterocycles. The predicted octanol–water partition coefficient (Wildman–Crippen LogP) is 0.0435. The summed E-state index contributed by atoms with van der Waals surface area (Å²) in [4.78, 5) is 25.7. The summed E-state index contributed by atoms with van der Waals surface area (Å²) in [6, 6.07) is 1.54. The van der Waals surface area contributed by atoms with E-state index in [4.69, 9.17) is 9.47 Å². The number of ether oxygens (including phenoxy) is 2. The molecule has 1 fully saturated rings. The molecule has 0 atom stereocenters. The number of nitrogens with one attached hydrogen (secondary N) is 1. The van der Waals surface area contributed by atoms with Crippen molar-refractivity contribution in [2.75, 3.05) is 39.5 Å². The second kappa shape index (κ2) is 7.96. The van der Waals surface area contributed by atoms with Crippen LogP contribution in [0.25, 0.3) is 0 Å². The molecule has 2 amide bonds. The Morgan fingerprint density at radius 3 is 2.74 bits per heavy atom. The van der Waals surface area contributed by atoms with Crippen molar-refractivity contribution in [3.8, 4) is 5.88 Å². The first-order valence-corrected chi connectivity index (χ1v) is 7.78. The molecule has 1 aromatic rings. The fraction of sp³-hybridized carbons (Fsp3) is 0.667. The van der Waals surface area contributed by atoms with Crippen LogP contribution < -0.4 is 10.1 Å². The maximum absolute atomic E-state index is 12.0. The molecule has 1 aromatic heterocycles. The summed E-state index contributed by atoms with van der Waals surface area (Å²) in [6.45, 7) is 6.81. The van der Waals surface area contributed by atoms with Gasteiger partial charge in [0.25, 0.3) is 11.8 Å². The van der Waals surface area contributed by atoms with E-state index in [1.807, 2.05) is 13.8 Å². The number of rotatable bonds is 6. The van der Waals surface area contributed by atoms with Crippen LogP contribution in [-0.2, 0) is 16.6 Å². The summed E-state index contributed by atoms with van der Waals surface area (Å²) in [6.07, 6.45) is 0. The Balaban J connectivity index is 1.88. The van der Waals surface area contributed by atoms with Gasteiger partial charge < -0.3 is 19.7 Å². The van der Waals surface area contributed by atoms with Crippen LogP contribution in [0.4, 0.5) is 0 Å². The first kappa shape index (κ1) is 17.3. The molecule has 128 valence electrons. The number of carbonyl (C=O) groups is 2. The third kappa shape index (κ3) is 4.95. The second-order valence-corrected chi connectivity index (χ2v) is 5.88. The van der Waals surface area contributed by atoms with Crippen molar-refractivity contribution < 1.29 is 19.1 Å². The van der Waals surface area contributed by atoms with E-state index in [9.17, 15) is 9.59 Å². The van der Waals surface area contributed by atoms with Crippen LogP contribution in [0.15, 0.2) is 6.07 Å². The first-order valence-electron chi connectivity index (χ1n) is 7.78. The SMILES string of the molecule is CC(C)CNC(=O)c1cc(OCC(=O)N2CCOCC2)n(C)n1. The van der Waals surface area contributed by atoms with Gasteiger partial charge in [-0.2, -0.15) is 5.10 Å². The Hall–Kier alpha value is -2.09. The zero-order valence-electron chi connectivity index (χ0n) is 13.9. The van der Waals surface area contributed by atoms with E-state index < -0.39 is 0 Å². The number of amides is 2. The highest BCUT2D eigenvalue weighted by atomic mass is 16.5. The van der Waals surface area contributed by atoms with Gasteiger partial charge in [0.05, 0.1) is 13.2 Å². The molecule has 1 N–H and O–H groups in total. The summed E-state index contributed by atoms with van der Waals surface area (Å²) in [7, 11) is 1.67. The van der Waals surface area contributed by atoms with Crippen LogP contribution in [0.5, 0.6) is 5.88 Å². The average Bonchev–Trinajstić information content (AvgIpc) is 2.92. The van der Waals surface area contributed by atoms with Crippen molar-refractivity contribution >= 4 is 11.8 Å². The van der Waals surface area contributed by atoms with Crippen LogP contribution in [0.1, 0.15) is 24.3 Å². The molecule has 0 saturated carbocycles. The molecular formula is C15H24N4O4. The number of aromatic nitrogens is 2. The van der Waals surface area contributed by atoms with Crippen LogP contribution >= 0.6 is 0 Å². The molecule has 2 heterocycles. The van der Waals surface area contributed by atoms with Crippen LogP contribution in [0.2, 0.25) is 0 Å². The molecule has 0 bridgehead atoms. The fourth-order valence-corrected chi connectivity index (χ4v) is 2.12. The Morgan fingerprint density at radius 1 is 1.39 bits per heavy atom. The molecule has 8 heteroatoms. The lowest BCUT2D eigenvalue weighted by Gasteiger charge is -2.26. The molecule has 2 rings (SSSR count). The standard InChI is InChI=1S/C15H24N4O4/c1-11(2)9-16-15(21)12-8-14(18(3)17-12)23-10-13(20)19-4-6-22-7-5-19/h8,11H,4-7,9-10H2,1-3H3,(H,16,21). The lowest BCUT2D eigenvalue weighted by atomic mass is 10.2. The third-order valence-electron chi connectivity index (χ3n) is 3.45. The van der Waals surface area contributed by atoms with Crippen LogP contribution in [-0.4, -0.2) is 65.9 Å². The van der Waals surface area contributed by atoms with Gasteiger partial charge in [-0.05, 0) is 5.92 Å². The number of hydrogen-bond donors (Lipinski definition) is 1. The highest BCUT2D eigenvalue weighted by Gasteiger charge is 2.19. The minimum absolute atomic E-state index is 0.0768. The molecule has 0 aliphatic carbocycles. The maximum Gasteiger partial charge on any atom is 0.271 e. The summed E-state index contributed by atoms with van der Waals surface area (Å²) in [5, 5.41) is 6.91. The summed E-state index contributed by atoms with van der Waals surface area (Å²) in [5.74, 6) is 0.412. The van der Waals surface area contributed by atoms with Gasteiger partial charge in [-0.3, -0.25) is 9.59 Å². The fourth-order valence-electron chi connectivity index (χ4n) is 2.12. The quantitative estimate of drug-likeness (QED) is 0.799. The van der Waals surface area contributed by atoms with Crippen LogP contribution in [0.3, 0.4) is 0 Å². The lowest BCUT2D eigenvalue weighted by molar-refractivity contribution is -0.137. The largest absolute Gasteiger partial charge is 0.468 e. The van der Waals surface area contributed by atoms with Gasteiger partial charge in [0.1, 0.15) is 0 Å². The number of morpholine rings is 1. The number of nitrogens with zero attached hydrogens (tertiary/aromatic N) is 3. The van der Waals surface area contributed by atoms with Crippen molar-refractivity contribution in [1.82, 2.24) is 20.0 Å². The Bertz CT molecular complexity index is 550. The first-order chi connectivity index (χ1) is 11.0. The van der Waals surface area contributed by atoms with Crippen molar-refractivity contribution in [3.05, 3.63) is 11.8 Å². The van der Waals surface area contributed by atoms with Gasteiger partial charge in [0.2, 0.25) is 5.88 Å². The average molecular weight is 324 g/mol. The van der Waals surface area contributed by atoms with E-state index in [0.717, 1.165) is 0 Å². The Morgan fingerprint density at radius 2 is 2.09 bits per heavy atom. The zero-order valence-corrected chi connectivity index (χ0v) is 13.9. The van der Waals surface area contributed by atoms with E-state index in [1.54, 1.807) is 18.0 Å². The molecule has 0 unspecified atom stereocenters. The van der Waals surface area contributed by atoms with E-state index >= 15 is 0 Å². The normalized spacial score (nSPS) is 14.9. The topological polar surface area (TPSA) is 85.7 Å². The molecule has 23 heavy (non-hydrogen) atoms. The maximum atomic E-state index is 12.0. The number of carbonyl (C=O) groups excluding carboxylic acids is 2. The van der Waals surface area contributed by atoms with Crippen molar-refractivity contribution in [2.45, 2.75) is 13.8 Å². The van der Waals surface area contributed by atoms with Gasteiger partial charge in [0.15, 0.2) is 12.3 Å². The Kier molecular flexibility index (Phi) is 5.97. The molecule has 1 aliphatic rings. The van der Waals surface area contributed by atoms with Gasteiger partial charge in [0, 0.05) is 32.7 Å². The van der Waals surface area contributed by atoms with Crippen molar-refractivity contribution in [1.29, 1.82) is 0 Å². The minimum Gasteiger partial charge on any atom is -0.468 e. The van der Waals surface area contributed by atoms with Gasteiger partial charge in [-0.1, -0.05) is 13.8 Å². The van der Waals surface area contributed by atoms with Crippen LogP contribution in [0, 0.1) is 5.92 Å². The van der Waals surface area contributed by atoms with E-state index in [1.165, 1.54) is 4.68 Å². The van der Waals surface area contributed by atoms with E-state index in [-0.39, 0.29) is 24.1 Å². The summed E-state index contributed by atoms with van der Waals surface area (Å²) in [5.41, 5.74) is 0.280. The molecule has 8 nitrogen and oxygen atoms in total. The number of hydrogen-bond acceptors (Lipinski definition) is 5.